The molecule has 1 aromatic heterocycles. The molecule has 1 aromatic carbocycles. The average molecular weight is 290 g/mol. The van der Waals surface area contributed by atoms with E-state index in [4.69, 9.17) is 15.5 Å². The first kappa shape index (κ1) is 15.0. The molecule has 0 saturated heterocycles. The van der Waals surface area contributed by atoms with Crippen LogP contribution in [-0.2, 0) is 5.41 Å². The molecule has 1 atom stereocenters. The summed E-state index contributed by atoms with van der Waals surface area (Å²) in [7, 11) is 1.68. The molecule has 108 valence electrons. The number of methoxy groups -OCH3 is 1. The molecular weight excluding hydrogens is 268 g/mol. The number of benzene rings is 1. The van der Waals surface area contributed by atoms with Crippen LogP contribution in [0, 0.1) is 0 Å². The zero-order valence-electron chi connectivity index (χ0n) is 12.7. The molecule has 0 saturated carbocycles. The van der Waals surface area contributed by atoms with Crippen LogP contribution in [0.1, 0.15) is 44.3 Å². The normalized spacial score (nSPS) is 13.3. The van der Waals surface area contributed by atoms with Gasteiger partial charge in [-0.25, -0.2) is 4.98 Å². The predicted octanol–water partition coefficient (Wildman–Crippen LogP) is 4.14. The first-order chi connectivity index (χ1) is 9.34. The Bertz CT molecular complexity index is 597. The van der Waals surface area contributed by atoms with E-state index in [1.807, 2.05) is 31.2 Å². The Morgan fingerprint density at radius 3 is 2.40 bits per heavy atom. The maximum atomic E-state index is 6.11. The maximum Gasteiger partial charge on any atom is 0.129 e. The lowest BCUT2D eigenvalue weighted by Gasteiger charge is -2.18. The highest BCUT2D eigenvalue weighted by Gasteiger charge is 2.26. The van der Waals surface area contributed by atoms with Crippen molar-refractivity contribution < 1.29 is 4.74 Å². The van der Waals surface area contributed by atoms with E-state index in [0.29, 0.717) is 0 Å². The number of aromatic nitrogens is 1. The smallest absolute Gasteiger partial charge is 0.129 e. The van der Waals surface area contributed by atoms with Crippen LogP contribution in [0.15, 0.2) is 24.3 Å². The average Bonchev–Trinajstić information content (AvgIpc) is 2.83. The quantitative estimate of drug-likeness (QED) is 0.924. The van der Waals surface area contributed by atoms with Crippen LogP contribution >= 0.6 is 11.3 Å². The highest BCUT2D eigenvalue weighted by molar-refractivity contribution is 7.15. The second-order valence-corrected chi connectivity index (χ2v) is 7.00. The van der Waals surface area contributed by atoms with Crippen molar-refractivity contribution in [1.82, 2.24) is 4.98 Å². The van der Waals surface area contributed by atoms with Gasteiger partial charge in [0.25, 0.3) is 0 Å². The minimum atomic E-state index is -0.0142. The number of nitrogens with two attached hydrogens (primary N) is 1. The molecule has 3 nitrogen and oxygen atoms in total. The van der Waals surface area contributed by atoms with Crippen molar-refractivity contribution in [2.45, 2.75) is 39.2 Å². The van der Waals surface area contributed by atoms with Crippen LogP contribution < -0.4 is 10.5 Å². The molecule has 0 aliphatic heterocycles. The third-order valence-corrected chi connectivity index (χ3v) is 4.40. The number of rotatable bonds is 3. The minimum Gasteiger partial charge on any atom is -0.496 e. The summed E-state index contributed by atoms with van der Waals surface area (Å²) in [5.41, 5.74) is 8.21. The Balaban J connectivity index is 2.59. The summed E-state index contributed by atoms with van der Waals surface area (Å²) in [5.74, 6) is 0.845. The van der Waals surface area contributed by atoms with Crippen molar-refractivity contribution >= 4 is 11.3 Å². The summed E-state index contributed by atoms with van der Waals surface area (Å²) in [6, 6.07) is 7.95. The fourth-order valence-electron chi connectivity index (χ4n) is 2.11. The largest absolute Gasteiger partial charge is 0.496 e. The molecule has 0 bridgehead atoms. The van der Waals surface area contributed by atoms with E-state index in [9.17, 15) is 0 Å². The lowest BCUT2D eigenvalue weighted by atomic mass is 9.90. The highest BCUT2D eigenvalue weighted by atomic mass is 32.1. The van der Waals surface area contributed by atoms with Gasteiger partial charge in [-0.15, -0.1) is 11.3 Å². The first-order valence-corrected chi connectivity index (χ1v) is 7.56. The SMILES string of the molecule is COc1ccccc1-c1nc(C(C)(C)C)c(C(C)N)s1. The molecule has 1 heterocycles. The van der Waals surface area contributed by atoms with Crippen LogP contribution in [0.2, 0.25) is 0 Å². The van der Waals surface area contributed by atoms with E-state index in [-0.39, 0.29) is 11.5 Å². The Morgan fingerprint density at radius 2 is 1.90 bits per heavy atom. The number of hydrogen-bond donors (Lipinski definition) is 1. The van der Waals surface area contributed by atoms with Gasteiger partial charge in [0.15, 0.2) is 0 Å². The Hall–Kier alpha value is -1.39. The van der Waals surface area contributed by atoms with E-state index < -0.39 is 0 Å². The Labute approximate surface area is 124 Å². The van der Waals surface area contributed by atoms with E-state index >= 15 is 0 Å². The summed E-state index contributed by atoms with van der Waals surface area (Å²) >= 11 is 1.66. The summed E-state index contributed by atoms with van der Waals surface area (Å²) in [6.45, 7) is 8.51. The third kappa shape index (κ3) is 2.86. The van der Waals surface area contributed by atoms with Gasteiger partial charge in [0.1, 0.15) is 10.8 Å². The number of para-hydroxylation sites is 1. The molecule has 0 spiro atoms. The standard InChI is InChI=1S/C16H22N2OS/c1-10(17)13-14(16(2,3)4)18-15(20-13)11-8-6-7-9-12(11)19-5/h6-10H,17H2,1-5H3. The van der Waals surface area contributed by atoms with Gasteiger partial charge in [0.2, 0.25) is 0 Å². The van der Waals surface area contributed by atoms with Crippen LogP contribution in [0.5, 0.6) is 5.75 Å². The zero-order chi connectivity index (χ0) is 14.9. The summed E-state index contributed by atoms with van der Waals surface area (Å²) < 4.78 is 5.43. The van der Waals surface area contributed by atoms with Crippen LogP contribution in [0.3, 0.4) is 0 Å². The summed E-state index contributed by atoms with van der Waals surface area (Å²) in [6.07, 6.45) is 0. The molecule has 0 aliphatic rings. The molecule has 2 aromatic rings. The number of nitrogens with zero attached hydrogens (tertiary/aromatic N) is 1. The fourth-order valence-corrected chi connectivity index (χ4v) is 3.37. The van der Waals surface area contributed by atoms with E-state index in [0.717, 1.165) is 26.9 Å². The molecule has 20 heavy (non-hydrogen) atoms. The van der Waals surface area contributed by atoms with Gasteiger partial charge in [-0.3, -0.25) is 0 Å². The van der Waals surface area contributed by atoms with Gasteiger partial charge in [-0.2, -0.15) is 0 Å². The Morgan fingerprint density at radius 1 is 1.25 bits per heavy atom. The van der Waals surface area contributed by atoms with Gasteiger partial charge in [0.05, 0.1) is 18.4 Å². The lowest BCUT2D eigenvalue weighted by molar-refractivity contribution is 0.416. The minimum absolute atomic E-state index is 0.00909. The third-order valence-electron chi connectivity index (χ3n) is 3.11. The van der Waals surface area contributed by atoms with Crippen molar-refractivity contribution in [1.29, 1.82) is 0 Å². The summed E-state index contributed by atoms with van der Waals surface area (Å²) in [5, 5.41) is 0.972. The molecule has 2 rings (SSSR count). The Kier molecular flexibility index (Phi) is 4.16. The molecular formula is C16H22N2OS. The van der Waals surface area contributed by atoms with Crippen molar-refractivity contribution in [3.8, 4) is 16.3 Å². The molecule has 1 unspecified atom stereocenters. The van der Waals surface area contributed by atoms with Crippen molar-refractivity contribution in [2.75, 3.05) is 7.11 Å². The molecule has 2 N–H and O–H groups in total. The van der Waals surface area contributed by atoms with Crippen molar-refractivity contribution in [3.63, 3.8) is 0 Å². The van der Waals surface area contributed by atoms with E-state index in [1.165, 1.54) is 0 Å². The van der Waals surface area contributed by atoms with E-state index in [2.05, 4.69) is 20.8 Å². The molecule has 0 amide bonds. The lowest BCUT2D eigenvalue weighted by Crippen LogP contribution is -2.17. The van der Waals surface area contributed by atoms with Crippen LogP contribution in [0.4, 0.5) is 0 Å². The van der Waals surface area contributed by atoms with Crippen molar-refractivity contribution in [2.24, 2.45) is 5.73 Å². The fraction of sp³-hybridized carbons (Fsp3) is 0.438. The highest BCUT2D eigenvalue weighted by Crippen LogP contribution is 2.39. The molecule has 0 aliphatic carbocycles. The second kappa shape index (κ2) is 5.54. The van der Waals surface area contributed by atoms with Gasteiger partial charge in [-0.1, -0.05) is 32.9 Å². The van der Waals surface area contributed by atoms with Crippen molar-refractivity contribution in [3.05, 3.63) is 34.8 Å². The van der Waals surface area contributed by atoms with E-state index in [1.54, 1.807) is 18.4 Å². The van der Waals surface area contributed by atoms with Gasteiger partial charge < -0.3 is 10.5 Å². The first-order valence-electron chi connectivity index (χ1n) is 6.74. The second-order valence-electron chi connectivity index (χ2n) is 5.97. The zero-order valence-corrected chi connectivity index (χ0v) is 13.5. The topological polar surface area (TPSA) is 48.1 Å². The van der Waals surface area contributed by atoms with Gasteiger partial charge in [0, 0.05) is 16.3 Å². The monoisotopic (exact) mass is 290 g/mol. The summed E-state index contributed by atoms with van der Waals surface area (Å²) in [4.78, 5) is 5.99. The van der Waals surface area contributed by atoms with Crippen LogP contribution in [0.25, 0.3) is 10.6 Å². The number of thiazole rings is 1. The van der Waals surface area contributed by atoms with Crippen LogP contribution in [-0.4, -0.2) is 12.1 Å². The molecule has 0 fully saturated rings. The van der Waals surface area contributed by atoms with Gasteiger partial charge in [-0.05, 0) is 19.1 Å². The molecule has 4 heteroatoms. The number of hydrogen-bond acceptors (Lipinski definition) is 4. The molecule has 0 radical (unpaired) electrons. The predicted molar refractivity (Wildman–Crippen MR) is 85.4 cm³/mol. The maximum absolute atomic E-state index is 6.11. The number of ether oxygens (including phenoxy) is 1. The van der Waals surface area contributed by atoms with Gasteiger partial charge >= 0.3 is 0 Å².